The number of rotatable bonds is 1. The zero-order valence-electron chi connectivity index (χ0n) is 10.5. The molecule has 2 N–H and O–H groups in total. The van der Waals surface area contributed by atoms with Crippen molar-refractivity contribution in [2.75, 3.05) is 18.4 Å². The van der Waals surface area contributed by atoms with Gasteiger partial charge in [-0.15, -0.1) is 0 Å². The number of amides is 2. The topological polar surface area (TPSA) is 61.0 Å². The van der Waals surface area contributed by atoms with Crippen molar-refractivity contribution in [3.05, 3.63) is 11.3 Å². The Balaban J connectivity index is 1.98. The SMILES string of the molecule is Cc1[nH]nc(NC(=O)N2CCCCCC2)c1C. The third-order valence-corrected chi connectivity index (χ3v) is 3.37. The second-order valence-electron chi connectivity index (χ2n) is 4.65. The van der Waals surface area contributed by atoms with E-state index in [4.69, 9.17) is 0 Å². The van der Waals surface area contributed by atoms with Gasteiger partial charge in [-0.2, -0.15) is 5.10 Å². The summed E-state index contributed by atoms with van der Waals surface area (Å²) in [5.41, 5.74) is 2.00. The van der Waals surface area contributed by atoms with E-state index >= 15 is 0 Å². The fourth-order valence-corrected chi connectivity index (χ4v) is 2.06. The van der Waals surface area contributed by atoms with Crippen LogP contribution in [-0.2, 0) is 0 Å². The summed E-state index contributed by atoms with van der Waals surface area (Å²) >= 11 is 0. The van der Waals surface area contributed by atoms with Crippen LogP contribution in [0.5, 0.6) is 0 Å². The van der Waals surface area contributed by atoms with E-state index in [2.05, 4.69) is 15.5 Å². The van der Waals surface area contributed by atoms with Gasteiger partial charge in [-0.3, -0.25) is 10.4 Å². The Kier molecular flexibility index (Phi) is 3.66. The van der Waals surface area contributed by atoms with Gasteiger partial charge in [0.2, 0.25) is 0 Å². The van der Waals surface area contributed by atoms with Gasteiger partial charge >= 0.3 is 6.03 Å². The van der Waals surface area contributed by atoms with Crippen molar-refractivity contribution in [3.63, 3.8) is 0 Å². The molecule has 0 saturated carbocycles. The average Bonchev–Trinajstić information content (AvgIpc) is 2.59. The van der Waals surface area contributed by atoms with Crippen molar-refractivity contribution < 1.29 is 4.79 Å². The number of aryl methyl sites for hydroxylation is 1. The number of hydrogen-bond donors (Lipinski definition) is 2. The molecule has 1 aliphatic rings. The molecule has 0 unspecified atom stereocenters. The fraction of sp³-hybridized carbons (Fsp3) is 0.667. The van der Waals surface area contributed by atoms with E-state index in [0.717, 1.165) is 37.2 Å². The highest BCUT2D eigenvalue weighted by Gasteiger charge is 2.17. The number of likely N-dealkylation sites (tertiary alicyclic amines) is 1. The highest BCUT2D eigenvalue weighted by molar-refractivity contribution is 5.89. The van der Waals surface area contributed by atoms with Crippen LogP contribution in [0.1, 0.15) is 36.9 Å². The van der Waals surface area contributed by atoms with Crippen molar-refractivity contribution in [3.8, 4) is 0 Å². The molecule has 2 rings (SSSR count). The molecule has 0 spiro atoms. The average molecular weight is 236 g/mol. The Morgan fingerprint density at radius 1 is 1.24 bits per heavy atom. The van der Waals surface area contributed by atoms with Crippen LogP contribution in [0.15, 0.2) is 0 Å². The predicted octanol–water partition coefficient (Wildman–Crippen LogP) is 2.43. The van der Waals surface area contributed by atoms with Crippen LogP contribution in [0.3, 0.4) is 0 Å². The third-order valence-electron chi connectivity index (χ3n) is 3.37. The van der Waals surface area contributed by atoms with Crippen LogP contribution in [0.4, 0.5) is 10.6 Å². The molecular weight excluding hydrogens is 216 g/mol. The molecule has 2 heterocycles. The molecule has 5 heteroatoms. The molecule has 1 aromatic heterocycles. The van der Waals surface area contributed by atoms with Gasteiger partial charge in [-0.25, -0.2) is 4.79 Å². The molecule has 1 fully saturated rings. The molecule has 2 amide bonds. The standard InChI is InChI=1S/C12H20N4O/c1-9-10(2)14-15-11(9)13-12(17)16-7-5-3-4-6-8-16/h3-8H2,1-2H3,(H2,13,14,15,17). The van der Waals surface area contributed by atoms with Crippen LogP contribution >= 0.6 is 0 Å². The molecule has 17 heavy (non-hydrogen) atoms. The fourth-order valence-electron chi connectivity index (χ4n) is 2.06. The Bertz CT molecular complexity index is 391. The highest BCUT2D eigenvalue weighted by Crippen LogP contribution is 2.16. The van der Waals surface area contributed by atoms with E-state index in [0.29, 0.717) is 5.82 Å². The monoisotopic (exact) mass is 236 g/mol. The molecule has 0 bridgehead atoms. The first-order chi connectivity index (χ1) is 8.18. The lowest BCUT2D eigenvalue weighted by Gasteiger charge is -2.20. The molecule has 0 aromatic carbocycles. The highest BCUT2D eigenvalue weighted by atomic mass is 16.2. The number of nitrogens with zero attached hydrogens (tertiary/aromatic N) is 2. The maximum absolute atomic E-state index is 12.0. The molecule has 1 aromatic rings. The largest absolute Gasteiger partial charge is 0.324 e. The lowest BCUT2D eigenvalue weighted by molar-refractivity contribution is 0.213. The predicted molar refractivity (Wildman–Crippen MR) is 67.1 cm³/mol. The summed E-state index contributed by atoms with van der Waals surface area (Å²) in [5, 5.41) is 9.84. The molecule has 0 aliphatic carbocycles. The molecular formula is C12H20N4O. The zero-order chi connectivity index (χ0) is 12.3. The summed E-state index contributed by atoms with van der Waals surface area (Å²) in [5.74, 6) is 0.650. The van der Waals surface area contributed by atoms with Crippen LogP contribution in [0, 0.1) is 13.8 Å². The first kappa shape index (κ1) is 12.0. The van der Waals surface area contributed by atoms with Gasteiger partial charge in [0.25, 0.3) is 0 Å². The van der Waals surface area contributed by atoms with Gasteiger partial charge in [0.15, 0.2) is 5.82 Å². The summed E-state index contributed by atoms with van der Waals surface area (Å²) in [4.78, 5) is 13.9. The van der Waals surface area contributed by atoms with Crippen molar-refractivity contribution in [1.29, 1.82) is 0 Å². The Morgan fingerprint density at radius 3 is 2.41 bits per heavy atom. The second-order valence-corrected chi connectivity index (χ2v) is 4.65. The van der Waals surface area contributed by atoms with Gasteiger partial charge in [-0.05, 0) is 26.7 Å². The lowest BCUT2D eigenvalue weighted by Crippen LogP contribution is -2.35. The van der Waals surface area contributed by atoms with Gasteiger partial charge in [0.05, 0.1) is 0 Å². The quantitative estimate of drug-likeness (QED) is 0.786. The smallest absolute Gasteiger partial charge is 0.323 e. The number of aromatic nitrogens is 2. The molecule has 0 atom stereocenters. The summed E-state index contributed by atoms with van der Waals surface area (Å²) in [6.07, 6.45) is 4.66. The number of carbonyl (C=O) groups excluding carboxylic acids is 1. The van der Waals surface area contributed by atoms with Crippen LogP contribution in [0.25, 0.3) is 0 Å². The molecule has 1 saturated heterocycles. The van der Waals surface area contributed by atoms with Crippen molar-refractivity contribution >= 4 is 11.8 Å². The number of aromatic amines is 1. The van der Waals surface area contributed by atoms with E-state index < -0.39 is 0 Å². The van der Waals surface area contributed by atoms with Crippen molar-refractivity contribution in [1.82, 2.24) is 15.1 Å². The third kappa shape index (κ3) is 2.78. The van der Waals surface area contributed by atoms with Crippen LogP contribution < -0.4 is 5.32 Å². The Hall–Kier alpha value is -1.52. The van der Waals surface area contributed by atoms with Crippen molar-refractivity contribution in [2.45, 2.75) is 39.5 Å². The minimum Gasteiger partial charge on any atom is -0.324 e. The van der Waals surface area contributed by atoms with E-state index in [1.807, 2.05) is 18.7 Å². The summed E-state index contributed by atoms with van der Waals surface area (Å²) in [6, 6.07) is -0.0264. The maximum atomic E-state index is 12.0. The molecule has 94 valence electrons. The summed E-state index contributed by atoms with van der Waals surface area (Å²) < 4.78 is 0. The molecule has 0 radical (unpaired) electrons. The minimum atomic E-state index is -0.0264. The van der Waals surface area contributed by atoms with Crippen LogP contribution in [0.2, 0.25) is 0 Å². The number of H-pyrrole nitrogens is 1. The zero-order valence-corrected chi connectivity index (χ0v) is 10.5. The van der Waals surface area contributed by atoms with E-state index in [1.54, 1.807) is 0 Å². The first-order valence-electron chi connectivity index (χ1n) is 6.26. The Morgan fingerprint density at radius 2 is 1.88 bits per heavy atom. The van der Waals surface area contributed by atoms with E-state index in [9.17, 15) is 4.79 Å². The van der Waals surface area contributed by atoms with Crippen LogP contribution in [-0.4, -0.2) is 34.2 Å². The summed E-state index contributed by atoms with van der Waals surface area (Å²) in [7, 11) is 0. The van der Waals surface area contributed by atoms with Gasteiger partial charge in [0.1, 0.15) is 0 Å². The van der Waals surface area contributed by atoms with E-state index in [-0.39, 0.29) is 6.03 Å². The molecule has 1 aliphatic heterocycles. The maximum Gasteiger partial charge on any atom is 0.323 e. The first-order valence-corrected chi connectivity index (χ1v) is 6.26. The number of anilines is 1. The minimum absolute atomic E-state index is 0.0264. The number of hydrogen-bond acceptors (Lipinski definition) is 2. The summed E-state index contributed by atoms with van der Waals surface area (Å²) in [6.45, 7) is 5.61. The number of nitrogens with one attached hydrogen (secondary N) is 2. The number of carbonyl (C=O) groups is 1. The number of urea groups is 1. The van der Waals surface area contributed by atoms with Gasteiger partial charge in [0, 0.05) is 24.3 Å². The lowest BCUT2D eigenvalue weighted by atomic mass is 10.2. The second kappa shape index (κ2) is 5.21. The van der Waals surface area contributed by atoms with Gasteiger partial charge in [-0.1, -0.05) is 12.8 Å². The van der Waals surface area contributed by atoms with Crippen molar-refractivity contribution in [2.24, 2.45) is 0 Å². The Labute approximate surface area is 102 Å². The molecule has 5 nitrogen and oxygen atoms in total. The van der Waals surface area contributed by atoms with E-state index in [1.165, 1.54) is 12.8 Å². The normalized spacial score (nSPS) is 16.7. The van der Waals surface area contributed by atoms with Gasteiger partial charge < -0.3 is 4.90 Å².